The Balaban J connectivity index is 1.77. The Morgan fingerprint density at radius 3 is 2.24 bits per heavy atom. The Kier molecular flexibility index (Phi) is 8.13. The molecule has 0 aliphatic carbocycles. The molecule has 0 saturated carbocycles. The third kappa shape index (κ3) is 6.74. The van der Waals surface area contributed by atoms with Crippen LogP contribution < -0.4 is 21.5 Å². The zero-order chi connectivity index (χ0) is 24.7. The van der Waals surface area contributed by atoms with Crippen LogP contribution in [-0.2, 0) is 27.3 Å². The van der Waals surface area contributed by atoms with E-state index in [4.69, 9.17) is 0 Å². The Morgan fingerprint density at radius 1 is 0.941 bits per heavy atom. The molecular formula is C25H29N5O4. The van der Waals surface area contributed by atoms with Crippen molar-refractivity contribution in [1.82, 2.24) is 14.9 Å². The first-order valence-electron chi connectivity index (χ1n) is 11.2. The van der Waals surface area contributed by atoms with Crippen LogP contribution in [0, 0.1) is 5.92 Å². The van der Waals surface area contributed by atoms with Gasteiger partial charge in [0.1, 0.15) is 12.2 Å². The fraction of sp³-hybridized carbons (Fsp3) is 0.320. The Hall–Kier alpha value is -4.01. The lowest BCUT2D eigenvalue weighted by Crippen LogP contribution is -2.32. The highest BCUT2D eigenvalue weighted by atomic mass is 16.2. The van der Waals surface area contributed by atoms with Gasteiger partial charge >= 0.3 is 0 Å². The van der Waals surface area contributed by atoms with Crippen LogP contribution in [-0.4, -0.2) is 33.8 Å². The van der Waals surface area contributed by atoms with Crippen LogP contribution >= 0.6 is 0 Å². The van der Waals surface area contributed by atoms with Crippen LogP contribution in [0.25, 0.3) is 11.0 Å². The van der Waals surface area contributed by atoms with Crippen molar-refractivity contribution < 1.29 is 14.4 Å². The number of carbonyl (C=O) groups is 3. The van der Waals surface area contributed by atoms with Crippen LogP contribution in [0.1, 0.15) is 32.9 Å². The zero-order valence-corrected chi connectivity index (χ0v) is 19.6. The summed E-state index contributed by atoms with van der Waals surface area (Å²) in [5.41, 5.74) is 2.11. The van der Waals surface area contributed by atoms with E-state index in [0.717, 1.165) is 0 Å². The van der Waals surface area contributed by atoms with Gasteiger partial charge in [0.05, 0.1) is 11.0 Å². The molecule has 0 unspecified atom stereocenters. The summed E-state index contributed by atoms with van der Waals surface area (Å²) in [5.74, 6) is -0.379. The number of benzene rings is 2. The number of hydrogen-bond donors (Lipinski definition) is 3. The second-order valence-corrected chi connectivity index (χ2v) is 8.44. The number of amides is 3. The van der Waals surface area contributed by atoms with Gasteiger partial charge in [0.25, 0.3) is 5.56 Å². The van der Waals surface area contributed by atoms with E-state index in [2.05, 4.69) is 20.9 Å². The van der Waals surface area contributed by atoms with E-state index < -0.39 is 5.56 Å². The van der Waals surface area contributed by atoms with Crippen LogP contribution in [0.5, 0.6) is 0 Å². The van der Waals surface area contributed by atoms with E-state index in [1.54, 1.807) is 48.5 Å². The van der Waals surface area contributed by atoms with E-state index in [1.807, 2.05) is 13.8 Å². The average molecular weight is 464 g/mol. The zero-order valence-electron chi connectivity index (χ0n) is 19.6. The number of fused-ring (bicyclic) bond motifs is 1. The van der Waals surface area contributed by atoms with Crippen molar-refractivity contribution in [3.8, 4) is 0 Å². The first-order valence-corrected chi connectivity index (χ1v) is 11.2. The van der Waals surface area contributed by atoms with Gasteiger partial charge in [-0.2, -0.15) is 0 Å². The van der Waals surface area contributed by atoms with Gasteiger partial charge in [0.2, 0.25) is 17.7 Å². The molecule has 0 bridgehead atoms. The van der Waals surface area contributed by atoms with E-state index in [1.165, 1.54) is 11.5 Å². The van der Waals surface area contributed by atoms with Crippen molar-refractivity contribution in [2.45, 2.75) is 40.2 Å². The molecule has 9 heteroatoms. The minimum Gasteiger partial charge on any atom is -0.356 e. The number of anilines is 2. The quantitative estimate of drug-likeness (QED) is 0.450. The Labute approximate surface area is 197 Å². The van der Waals surface area contributed by atoms with Gasteiger partial charge in [-0.25, -0.2) is 4.98 Å². The highest BCUT2D eigenvalue weighted by Gasteiger charge is 2.15. The number of rotatable bonds is 9. The number of para-hydroxylation sites is 2. The number of hydrogen-bond acceptors (Lipinski definition) is 5. The van der Waals surface area contributed by atoms with Crippen LogP contribution in [0.4, 0.5) is 11.4 Å². The van der Waals surface area contributed by atoms with Gasteiger partial charge in [0.15, 0.2) is 0 Å². The smallest absolute Gasteiger partial charge is 0.273 e. The molecule has 9 nitrogen and oxygen atoms in total. The number of aromatic nitrogens is 2. The molecule has 1 aromatic heterocycles. The molecule has 0 aliphatic rings. The van der Waals surface area contributed by atoms with Crippen LogP contribution in [0.2, 0.25) is 0 Å². The summed E-state index contributed by atoms with van der Waals surface area (Å²) in [6.07, 6.45) is 0.319. The van der Waals surface area contributed by atoms with Crippen molar-refractivity contribution in [1.29, 1.82) is 0 Å². The van der Waals surface area contributed by atoms with Gasteiger partial charge in [0, 0.05) is 37.7 Å². The van der Waals surface area contributed by atoms with E-state index in [-0.39, 0.29) is 42.8 Å². The predicted octanol–water partition coefficient (Wildman–Crippen LogP) is 2.70. The molecule has 3 amide bonds. The van der Waals surface area contributed by atoms with Gasteiger partial charge in [-0.3, -0.25) is 23.7 Å². The van der Waals surface area contributed by atoms with Crippen molar-refractivity contribution in [2.24, 2.45) is 5.92 Å². The summed E-state index contributed by atoms with van der Waals surface area (Å²) in [4.78, 5) is 53.6. The van der Waals surface area contributed by atoms with Gasteiger partial charge in [-0.05, 0) is 42.3 Å². The molecule has 34 heavy (non-hydrogen) atoms. The topological polar surface area (TPSA) is 122 Å². The minimum atomic E-state index is -0.397. The third-order valence-corrected chi connectivity index (χ3v) is 5.01. The molecule has 1 heterocycles. The van der Waals surface area contributed by atoms with E-state index in [9.17, 15) is 19.2 Å². The molecule has 3 rings (SSSR count). The molecule has 0 aliphatic heterocycles. The van der Waals surface area contributed by atoms with Crippen molar-refractivity contribution >= 4 is 40.1 Å². The number of nitrogens with one attached hydrogen (secondary N) is 3. The highest BCUT2D eigenvalue weighted by molar-refractivity contribution is 5.92. The predicted molar refractivity (Wildman–Crippen MR) is 132 cm³/mol. The summed E-state index contributed by atoms with van der Waals surface area (Å²) in [6, 6.07) is 13.8. The van der Waals surface area contributed by atoms with Crippen molar-refractivity contribution in [3.05, 3.63) is 64.6 Å². The molecule has 0 atom stereocenters. The Morgan fingerprint density at radius 2 is 1.59 bits per heavy atom. The normalized spacial score (nSPS) is 10.8. The minimum absolute atomic E-state index is 0.139. The lowest BCUT2D eigenvalue weighted by atomic mass is 10.2. The summed E-state index contributed by atoms with van der Waals surface area (Å²) >= 11 is 0. The number of carbonyl (C=O) groups excluding carboxylic acids is 3. The lowest BCUT2D eigenvalue weighted by molar-refractivity contribution is -0.121. The summed E-state index contributed by atoms with van der Waals surface area (Å²) < 4.78 is 1.38. The van der Waals surface area contributed by atoms with Crippen LogP contribution in [0.15, 0.2) is 53.3 Å². The monoisotopic (exact) mass is 463 g/mol. The fourth-order valence-corrected chi connectivity index (χ4v) is 3.39. The van der Waals surface area contributed by atoms with Crippen molar-refractivity contribution in [2.75, 3.05) is 17.2 Å². The summed E-state index contributed by atoms with van der Waals surface area (Å²) in [6.45, 7) is 5.79. The highest BCUT2D eigenvalue weighted by Crippen LogP contribution is 2.15. The molecule has 0 saturated heterocycles. The molecule has 0 fully saturated rings. The Bertz CT molecular complexity index is 1250. The first kappa shape index (κ1) is 24.6. The third-order valence-electron chi connectivity index (χ3n) is 5.01. The molecule has 3 aromatic rings. The molecule has 0 spiro atoms. The van der Waals surface area contributed by atoms with Gasteiger partial charge < -0.3 is 16.0 Å². The molecular weight excluding hydrogens is 434 g/mol. The molecule has 0 radical (unpaired) electrons. The van der Waals surface area contributed by atoms with Gasteiger partial charge in [-0.15, -0.1) is 0 Å². The second-order valence-electron chi connectivity index (χ2n) is 8.44. The molecule has 178 valence electrons. The maximum Gasteiger partial charge on any atom is 0.273 e. The van der Waals surface area contributed by atoms with E-state index in [0.29, 0.717) is 34.9 Å². The summed E-state index contributed by atoms with van der Waals surface area (Å²) in [5, 5.41) is 8.26. The number of aryl methyl sites for hydroxylation is 1. The SMILES string of the molecule is CC(=O)Nc1ccc(NC(=O)Cn2c(=O)c(CCC(=O)NCC(C)C)nc3ccccc32)cc1. The largest absolute Gasteiger partial charge is 0.356 e. The fourth-order valence-electron chi connectivity index (χ4n) is 3.39. The van der Waals surface area contributed by atoms with Crippen LogP contribution in [0.3, 0.4) is 0 Å². The molecule has 3 N–H and O–H groups in total. The second kappa shape index (κ2) is 11.2. The standard InChI is InChI=1S/C25H29N5O4/c1-16(2)14-26-23(32)13-12-21-25(34)30(22-7-5-4-6-20(22)29-21)15-24(33)28-19-10-8-18(9-11-19)27-17(3)31/h4-11,16H,12-15H2,1-3H3,(H,26,32)(H,27,31)(H,28,33). The average Bonchev–Trinajstić information content (AvgIpc) is 2.79. The molecule has 2 aromatic carbocycles. The lowest BCUT2D eigenvalue weighted by Gasteiger charge is -2.13. The summed E-state index contributed by atoms with van der Waals surface area (Å²) in [7, 11) is 0. The number of nitrogens with zero attached hydrogens (tertiary/aromatic N) is 2. The van der Waals surface area contributed by atoms with Gasteiger partial charge in [-0.1, -0.05) is 26.0 Å². The van der Waals surface area contributed by atoms with Crippen molar-refractivity contribution in [3.63, 3.8) is 0 Å². The maximum absolute atomic E-state index is 13.1. The first-order chi connectivity index (χ1) is 16.2. The van der Waals surface area contributed by atoms with E-state index >= 15 is 0 Å². The maximum atomic E-state index is 13.1.